The Morgan fingerprint density at radius 1 is 1.09 bits per heavy atom. The molecule has 4 rings (SSSR count). The molecule has 43 heavy (non-hydrogen) atoms. The maximum absolute atomic E-state index is 14.6. The van der Waals surface area contributed by atoms with Gasteiger partial charge in [-0.1, -0.05) is 78.3 Å². The Balaban J connectivity index is 1.99. The number of rotatable bonds is 7. The van der Waals surface area contributed by atoms with Crippen molar-refractivity contribution in [1.82, 2.24) is 19.3 Å². The van der Waals surface area contributed by atoms with Gasteiger partial charge in [-0.15, -0.1) is 0 Å². The van der Waals surface area contributed by atoms with Crippen LogP contribution in [0.2, 0.25) is 5.02 Å². The molecule has 0 radical (unpaired) electrons. The predicted octanol–water partition coefficient (Wildman–Crippen LogP) is 7.25. The SMILES string of the molecule is COc1nc2c(C(=O)OC3C(C(C)(C)C)CC(C)CC3C(C)(C)C)c(-c3ccc(Cl)cc3)c(C/C=C/N(C)C)n2c(=O)[nH]1. The van der Waals surface area contributed by atoms with Crippen LogP contribution in [0.4, 0.5) is 0 Å². The quantitative estimate of drug-likeness (QED) is 0.284. The van der Waals surface area contributed by atoms with Crippen LogP contribution in [0.1, 0.15) is 77.4 Å². The largest absolute Gasteiger partial charge is 0.468 e. The van der Waals surface area contributed by atoms with Crippen molar-refractivity contribution >= 4 is 23.2 Å². The number of aromatic amines is 1. The number of ether oxygens (including phenoxy) is 2. The third kappa shape index (κ3) is 6.95. The topological polar surface area (TPSA) is 88.9 Å². The van der Waals surface area contributed by atoms with E-state index in [1.54, 1.807) is 12.1 Å². The minimum absolute atomic E-state index is 0.0220. The molecule has 2 unspecified atom stereocenters. The Kier molecular flexibility index (Phi) is 9.41. The van der Waals surface area contributed by atoms with E-state index in [2.05, 4.69) is 58.4 Å². The second-order valence-corrected chi connectivity index (χ2v) is 14.8. The van der Waals surface area contributed by atoms with Crippen LogP contribution in [-0.2, 0) is 11.2 Å². The molecular weight excluding hydrogens is 564 g/mol. The molecule has 2 heterocycles. The number of carbonyl (C=O) groups is 1. The predicted molar refractivity (Wildman–Crippen MR) is 173 cm³/mol. The molecule has 2 atom stereocenters. The monoisotopic (exact) mass is 610 g/mol. The molecule has 1 fully saturated rings. The summed E-state index contributed by atoms with van der Waals surface area (Å²) in [5.74, 6) is 0.341. The molecule has 0 spiro atoms. The Bertz CT molecular complexity index is 1520. The number of esters is 1. The molecule has 8 nitrogen and oxygen atoms in total. The molecule has 1 saturated carbocycles. The first-order valence-corrected chi connectivity index (χ1v) is 15.4. The normalized spacial score (nSPS) is 21.4. The fourth-order valence-electron chi connectivity index (χ4n) is 6.54. The average Bonchev–Trinajstić information content (AvgIpc) is 3.23. The number of H-pyrrole nitrogens is 1. The number of nitrogens with one attached hydrogen (secondary N) is 1. The fraction of sp³-hybridized carbons (Fsp3) is 0.559. The maximum Gasteiger partial charge on any atom is 0.342 e. The number of aromatic nitrogens is 3. The minimum atomic E-state index is -0.492. The average molecular weight is 611 g/mol. The summed E-state index contributed by atoms with van der Waals surface area (Å²) in [5.41, 5.74) is 1.81. The highest BCUT2D eigenvalue weighted by Crippen LogP contribution is 2.50. The van der Waals surface area contributed by atoms with Crippen molar-refractivity contribution in [2.45, 2.75) is 73.8 Å². The fourth-order valence-corrected chi connectivity index (χ4v) is 6.67. The molecule has 3 aromatic rings. The molecule has 9 heteroatoms. The van der Waals surface area contributed by atoms with Crippen LogP contribution >= 0.6 is 11.6 Å². The second kappa shape index (κ2) is 12.4. The first-order chi connectivity index (χ1) is 20.0. The van der Waals surface area contributed by atoms with Crippen LogP contribution in [0.15, 0.2) is 41.3 Å². The molecule has 1 N–H and O–H groups in total. The van der Waals surface area contributed by atoms with E-state index in [0.29, 0.717) is 28.6 Å². The van der Waals surface area contributed by atoms with Crippen molar-refractivity contribution in [3.8, 4) is 17.1 Å². The van der Waals surface area contributed by atoms with Crippen molar-refractivity contribution in [1.29, 1.82) is 0 Å². The molecule has 1 aliphatic rings. The van der Waals surface area contributed by atoms with Crippen molar-refractivity contribution in [2.75, 3.05) is 21.2 Å². The highest BCUT2D eigenvalue weighted by Gasteiger charge is 2.48. The van der Waals surface area contributed by atoms with E-state index in [-0.39, 0.29) is 46.0 Å². The number of halogens is 1. The Labute approximate surface area is 260 Å². The Morgan fingerprint density at radius 3 is 2.19 bits per heavy atom. The summed E-state index contributed by atoms with van der Waals surface area (Å²) in [7, 11) is 5.29. The van der Waals surface area contributed by atoms with Crippen molar-refractivity contribution in [3.63, 3.8) is 0 Å². The molecule has 0 saturated heterocycles. The zero-order valence-corrected chi connectivity index (χ0v) is 28.0. The van der Waals surface area contributed by atoms with E-state index >= 15 is 0 Å². The van der Waals surface area contributed by atoms with E-state index in [1.165, 1.54) is 11.5 Å². The van der Waals surface area contributed by atoms with E-state index < -0.39 is 11.7 Å². The van der Waals surface area contributed by atoms with Gasteiger partial charge in [0.1, 0.15) is 11.7 Å². The number of carbonyl (C=O) groups excluding carboxylic acids is 1. The Morgan fingerprint density at radius 2 is 1.67 bits per heavy atom. The lowest BCUT2D eigenvalue weighted by Crippen LogP contribution is -2.49. The van der Waals surface area contributed by atoms with Crippen LogP contribution in [0, 0.1) is 28.6 Å². The van der Waals surface area contributed by atoms with Gasteiger partial charge in [-0.25, -0.2) is 14.0 Å². The van der Waals surface area contributed by atoms with Gasteiger partial charge in [-0.2, -0.15) is 4.98 Å². The smallest absolute Gasteiger partial charge is 0.342 e. The number of hydrogen-bond donors (Lipinski definition) is 1. The summed E-state index contributed by atoms with van der Waals surface area (Å²) in [6.07, 6.45) is 5.88. The number of methoxy groups -OCH3 is 1. The van der Waals surface area contributed by atoms with Crippen molar-refractivity contribution in [2.24, 2.45) is 28.6 Å². The molecular formula is C34H47ClN4O4. The standard InChI is InChI=1S/C34H47ClN4O4/c1-20-18-23(33(2,3)4)28(24(19-20)34(5,6)7)43-30(40)27-26(21-13-15-22(35)16-14-21)25(12-11-17-38(8)9)39-29(27)36-31(42-10)37-32(39)41/h11,13-17,20,23-24,28H,12,18-19H2,1-10H3,(H,36,37,41)/b17-11+. The van der Waals surface area contributed by atoms with Crippen LogP contribution in [-0.4, -0.2) is 52.5 Å². The first-order valence-electron chi connectivity index (χ1n) is 15.0. The van der Waals surface area contributed by atoms with Gasteiger partial charge in [-0.05, 0) is 53.5 Å². The van der Waals surface area contributed by atoms with E-state index in [9.17, 15) is 9.59 Å². The summed E-state index contributed by atoms with van der Waals surface area (Å²) < 4.78 is 13.5. The van der Waals surface area contributed by atoms with Crippen LogP contribution in [0.3, 0.4) is 0 Å². The number of benzene rings is 1. The number of allylic oxidation sites excluding steroid dienone is 1. The summed E-state index contributed by atoms with van der Waals surface area (Å²) in [6.45, 7) is 15.7. The lowest BCUT2D eigenvalue weighted by atomic mass is 9.59. The van der Waals surface area contributed by atoms with Gasteiger partial charge in [0, 0.05) is 48.6 Å². The van der Waals surface area contributed by atoms with Crippen molar-refractivity contribution in [3.05, 3.63) is 63.3 Å². The van der Waals surface area contributed by atoms with Gasteiger partial charge >= 0.3 is 11.7 Å². The zero-order chi connectivity index (χ0) is 31.9. The van der Waals surface area contributed by atoms with E-state index in [0.717, 1.165) is 18.4 Å². The summed E-state index contributed by atoms with van der Waals surface area (Å²) >= 11 is 6.26. The first kappa shape index (κ1) is 32.6. The highest BCUT2D eigenvalue weighted by atomic mass is 35.5. The van der Waals surface area contributed by atoms with Crippen LogP contribution in [0.25, 0.3) is 16.8 Å². The summed E-state index contributed by atoms with van der Waals surface area (Å²) in [5, 5.41) is 0.570. The van der Waals surface area contributed by atoms with Gasteiger partial charge in [0.2, 0.25) is 0 Å². The molecule has 0 aliphatic heterocycles. The molecule has 234 valence electrons. The number of fused-ring (bicyclic) bond motifs is 1. The zero-order valence-electron chi connectivity index (χ0n) is 27.2. The molecule has 1 aliphatic carbocycles. The summed E-state index contributed by atoms with van der Waals surface area (Å²) in [4.78, 5) is 37.4. The lowest BCUT2D eigenvalue weighted by Gasteiger charge is -2.50. The number of nitrogens with zero attached hydrogens (tertiary/aromatic N) is 3. The maximum atomic E-state index is 14.6. The highest BCUT2D eigenvalue weighted by molar-refractivity contribution is 6.30. The van der Waals surface area contributed by atoms with E-state index in [4.69, 9.17) is 21.1 Å². The third-order valence-electron chi connectivity index (χ3n) is 8.69. The second-order valence-electron chi connectivity index (χ2n) is 14.4. The van der Waals surface area contributed by atoms with Crippen LogP contribution in [0.5, 0.6) is 6.01 Å². The summed E-state index contributed by atoms with van der Waals surface area (Å²) in [6, 6.07) is 7.29. The van der Waals surface area contributed by atoms with E-state index in [1.807, 2.05) is 43.4 Å². The Hall–Kier alpha value is -3.26. The van der Waals surface area contributed by atoms with Gasteiger partial charge in [0.05, 0.1) is 7.11 Å². The van der Waals surface area contributed by atoms with Crippen LogP contribution < -0.4 is 10.4 Å². The number of hydrogen-bond acceptors (Lipinski definition) is 6. The third-order valence-corrected chi connectivity index (χ3v) is 8.94. The van der Waals surface area contributed by atoms with Gasteiger partial charge in [0.25, 0.3) is 6.01 Å². The van der Waals surface area contributed by atoms with Crippen molar-refractivity contribution < 1.29 is 14.3 Å². The molecule has 1 aromatic carbocycles. The lowest BCUT2D eigenvalue weighted by molar-refractivity contribution is -0.0922. The molecule has 0 amide bonds. The van der Waals surface area contributed by atoms with Gasteiger partial charge in [-0.3, -0.25) is 4.98 Å². The molecule has 0 bridgehead atoms. The van der Waals surface area contributed by atoms with Gasteiger partial charge in [0.15, 0.2) is 5.65 Å². The molecule has 2 aromatic heterocycles. The van der Waals surface area contributed by atoms with Gasteiger partial charge < -0.3 is 14.4 Å². The minimum Gasteiger partial charge on any atom is -0.468 e.